The van der Waals surface area contributed by atoms with Gasteiger partial charge < -0.3 is 14.6 Å². The summed E-state index contributed by atoms with van der Waals surface area (Å²) >= 11 is 3.32. The van der Waals surface area contributed by atoms with E-state index in [-0.39, 0.29) is 0 Å². The molecule has 1 aliphatic rings. The van der Waals surface area contributed by atoms with Crippen LogP contribution in [0.2, 0.25) is 0 Å². The van der Waals surface area contributed by atoms with Gasteiger partial charge in [0.15, 0.2) is 4.67 Å². The molecular weight excluding hydrogens is 304 g/mol. The molecule has 1 aliphatic carbocycles. The van der Waals surface area contributed by atoms with Gasteiger partial charge in [-0.2, -0.15) is 0 Å². The highest BCUT2D eigenvalue weighted by molar-refractivity contribution is 9.10. The summed E-state index contributed by atoms with van der Waals surface area (Å²) in [5.41, 5.74) is 0. The van der Waals surface area contributed by atoms with Gasteiger partial charge in [0.2, 0.25) is 0 Å². The second kappa shape index (κ2) is 8.08. The topological polar surface area (TPSA) is 28.4 Å². The minimum absolute atomic E-state index is 0.807. The molecule has 1 aromatic heterocycles. The Morgan fingerprint density at radius 1 is 1.32 bits per heavy atom. The number of hydrogen-bond donors (Lipinski definition) is 1. The zero-order chi connectivity index (χ0) is 13.5. The molecule has 0 radical (unpaired) electrons. The van der Waals surface area contributed by atoms with Gasteiger partial charge in [-0.3, -0.25) is 0 Å². The van der Waals surface area contributed by atoms with Crippen LogP contribution in [0.1, 0.15) is 44.3 Å². The van der Waals surface area contributed by atoms with Gasteiger partial charge in [-0.1, -0.05) is 19.3 Å². The van der Waals surface area contributed by atoms with Crippen LogP contribution in [-0.4, -0.2) is 31.1 Å². The molecule has 4 heteroatoms. The molecule has 19 heavy (non-hydrogen) atoms. The minimum Gasteiger partial charge on any atom is -0.453 e. The molecule has 0 spiro atoms. The number of nitrogens with zero attached hydrogens (tertiary/aromatic N) is 1. The molecule has 2 rings (SSSR count). The van der Waals surface area contributed by atoms with Crippen LogP contribution in [0.25, 0.3) is 0 Å². The van der Waals surface area contributed by atoms with Crippen LogP contribution in [0, 0.1) is 0 Å². The maximum atomic E-state index is 5.45. The number of nitrogens with one attached hydrogen (secondary N) is 1. The number of rotatable bonds is 7. The Balaban J connectivity index is 1.53. The van der Waals surface area contributed by atoms with Gasteiger partial charge in [0.25, 0.3) is 0 Å². The Bertz CT molecular complexity index is 361. The average molecular weight is 329 g/mol. The van der Waals surface area contributed by atoms with Gasteiger partial charge in [-0.05, 0) is 67.5 Å². The number of halogens is 1. The van der Waals surface area contributed by atoms with Gasteiger partial charge in [-0.25, -0.2) is 0 Å². The fraction of sp³-hybridized carbons (Fsp3) is 0.733. The quantitative estimate of drug-likeness (QED) is 0.772. The van der Waals surface area contributed by atoms with Crippen molar-refractivity contribution in [3.63, 3.8) is 0 Å². The SMILES string of the molecule is CN(CCCNCc1ccc(Br)o1)C1CCCCC1. The smallest absolute Gasteiger partial charge is 0.169 e. The third kappa shape index (κ3) is 5.28. The summed E-state index contributed by atoms with van der Waals surface area (Å²) in [6, 6.07) is 4.77. The molecule has 0 saturated heterocycles. The molecule has 0 aromatic carbocycles. The Labute approximate surface area is 124 Å². The van der Waals surface area contributed by atoms with Gasteiger partial charge in [0.1, 0.15) is 5.76 Å². The van der Waals surface area contributed by atoms with Crippen molar-refractivity contribution in [2.45, 2.75) is 51.1 Å². The molecule has 0 unspecified atom stereocenters. The van der Waals surface area contributed by atoms with Crippen LogP contribution < -0.4 is 5.32 Å². The van der Waals surface area contributed by atoms with Crippen LogP contribution in [0.4, 0.5) is 0 Å². The molecule has 3 nitrogen and oxygen atoms in total. The lowest BCUT2D eigenvalue weighted by Crippen LogP contribution is -2.35. The summed E-state index contributed by atoms with van der Waals surface area (Å²) in [6.45, 7) is 3.06. The van der Waals surface area contributed by atoms with Crippen molar-refractivity contribution in [3.8, 4) is 0 Å². The van der Waals surface area contributed by atoms with E-state index in [9.17, 15) is 0 Å². The van der Waals surface area contributed by atoms with Gasteiger partial charge in [0.05, 0.1) is 6.54 Å². The van der Waals surface area contributed by atoms with Crippen molar-refractivity contribution >= 4 is 15.9 Å². The lowest BCUT2D eigenvalue weighted by Gasteiger charge is -2.31. The van der Waals surface area contributed by atoms with E-state index in [1.807, 2.05) is 12.1 Å². The zero-order valence-electron chi connectivity index (χ0n) is 11.8. The van der Waals surface area contributed by atoms with E-state index in [1.165, 1.54) is 45.1 Å². The Morgan fingerprint density at radius 3 is 2.79 bits per heavy atom. The molecule has 1 fully saturated rings. The average Bonchev–Trinajstić information content (AvgIpc) is 2.85. The predicted molar refractivity (Wildman–Crippen MR) is 82.2 cm³/mol. The van der Waals surface area contributed by atoms with E-state index in [1.54, 1.807) is 0 Å². The van der Waals surface area contributed by atoms with Crippen LogP contribution in [0.5, 0.6) is 0 Å². The molecule has 0 bridgehead atoms. The van der Waals surface area contributed by atoms with Crippen LogP contribution >= 0.6 is 15.9 Å². The largest absolute Gasteiger partial charge is 0.453 e. The third-order valence-electron chi connectivity index (χ3n) is 3.99. The van der Waals surface area contributed by atoms with E-state index in [0.29, 0.717) is 0 Å². The first-order chi connectivity index (χ1) is 9.25. The first kappa shape index (κ1) is 15.1. The summed E-state index contributed by atoms with van der Waals surface area (Å²) < 4.78 is 6.26. The number of furan rings is 1. The Morgan fingerprint density at radius 2 is 2.11 bits per heavy atom. The zero-order valence-corrected chi connectivity index (χ0v) is 13.4. The van der Waals surface area contributed by atoms with Gasteiger partial charge in [0, 0.05) is 6.04 Å². The third-order valence-corrected chi connectivity index (χ3v) is 4.42. The van der Waals surface area contributed by atoms with E-state index in [4.69, 9.17) is 4.42 Å². The van der Waals surface area contributed by atoms with Crippen LogP contribution in [-0.2, 0) is 6.54 Å². The molecule has 0 aliphatic heterocycles. The van der Waals surface area contributed by atoms with Crippen molar-refractivity contribution in [1.82, 2.24) is 10.2 Å². The molecule has 1 heterocycles. The molecule has 0 atom stereocenters. The molecule has 1 aromatic rings. The van der Waals surface area contributed by atoms with Crippen molar-refractivity contribution in [2.75, 3.05) is 20.1 Å². The van der Waals surface area contributed by atoms with Crippen LogP contribution in [0.15, 0.2) is 21.2 Å². The lowest BCUT2D eigenvalue weighted by molar-refractivity contribution is 0.189. The monoisotopic (exact) mass is 328 g/mol. The van der Waals surface area contributed by atoms with Crippen molar-refractivity contribution in [3.05, 3.63) is 22.6 Å². The molecular formula is C15H25BrN2O. The fourth-order valence-electron chi connectivity index (χ4n) is 2.82. The van der Waals surface area contributed by atoms with E-state index >= 15 is 0 Å². The summed E-state index contributed by atoms with van der Waals surface area (Å²) in [4.78, 5) is 2.55. The van der Waals surface area contributed by atoms with Crippen LogP contribution in [0.3, 0.4) is 0 Å². The first-order valence-corrected chi connectivity index (χ1v) is 8.20. The van der Waals surface area contributed by atoms with E-state index in [0.717, 1.165) is 29.6 Å². The van der Waals surface area contributed by atoms with E-state index in [2.05, 4.69) is 33.2 Å². The summed E-state index contributed by atoms with van der Waals surface area (Å²) in [5.74, 6) is 0.993. The standard InChI is InChI=1S/C15H25BrN2O/c1-18(13-6-3-2-4-7-13)11-5-10-17-12-14-8-9-15(16)19-14/h8-9,13,17H,2-7,10-12H2,1H3. The molecule has 1 saturated carbocycles. The predicted octanol–water partition coefficient (Wildman–Crippen LogP) is 3.79. The van der Waals surface area contributed by atoms with Crippen molar-refractivity contribution < 1.29 is 4.42 Å². The Hall–Kier alpha value is -0.320. The highest BCUT2D eigenvalue weighted by Crippen LogP contribution is 2.21. The summed E-state index contributed by atoms with van der Waals surface area (Å²) in [6.07, 6.45) is 8.26. The lowest BCUT2D eigenvalue weighted by atomic mass is 9.94. The van der Waals surface area contributed by atoms with E-state index < -0.39 is 0 Å². The Kier molecular flexibility index (Phi) is 6.41. The second-order valence-electron chi connectivity index (χ2n) is 5.51. The molecule has 1 N–H and O–H groups in total. The second-order valence-corrected chi connectivity index (χ2v) is 6.29. The van der Waals surface area contributed by atoms with Gasteiger partial charge >= 0.3 is 0 Å². The maximum absolute atomic E-state index is 5.45. The highest BCUT2D eigenvalue weighted by atomic mass is 79.9. The molecule has 108 valence electrons. The fourth-order valence-corrected chi connectivity index (χ4v) is 3.16. The summed E-state index contributed by atoms with van der Waals surface area (Å²) in [7, 11) is 2.28. The molecule has 0 amide bonds. The minimum atomic E-state index is 0.807. The first-order valence-electron chi connectivity index (χ1n) is 7.41. The van der Waals surface area contributed by atoms with Gasteiger partial charge in [-0.15, -0.1) is 0 Å². The highest BCUT2D eigenvalue weighted by Gasteiger charge is 2.17. The number of hydrogen-bond acceptors (Lipinski definition) is 3. The summed E-state index contributed by atoms with van der Waals surface area (Å²) in [5, 5.41) is 3.43. The normalized spacial score (nSPS) is 17.2. The van der Waals surface area contributed by atoms with Crippen molar-refractivity contribution in [1.29, 1.82) is 0 Å². The maximum Gasteiger partial charge on any atom is 0.169 e. The van der Waals surface area contributed by atoms with Crippen molar-refractivity contribution in [2.24, 2.45) is 0 Å².